The van der Waals surface area contributed by atoms with Crippen molar-refractivity contribution in [1.29, 1.82) is 5.26 Å². The van der Waals surface area contributed by atoms with Gasteiger partial charge in [0.25, 0.3) is 0 Å². The van der Waals surface area contributed by atoms with Crippen LogP contribution in [0, 0.1) is 18.3 Å². The standard InChI is InChI=1S/C24H23N3O2/c1-16-11-19(18-5-4-6-22(14-18)27(2)3)13-20(12-16)23(24(28)29)26-21-9-7-17(15-25)8-10-21/h4-14,23,26H,1-3H3,(H,28,29)/p-1. The van der Waals surface area contributed by atoms with E-state index in [0.717, 1.165) is 22.4 Å². The maximum absolute atomic E-state index is 11.9. The van der Waals surface area contributed by atoms with Crippen molar-refractivity contribution in [3.63, 3.8) is 0 Å². The van der Waals surface area contributed by atoms with Crippen molar-refractivity contribution < 1.29 is 9.90 Å². The zero-order valence-corrected chi connectivity index (χ0v) is 16.6. The highest BCUT2D eigenvalue weighted by Gasteiger charge is 2.15. The summed E-state index contributed by atoms with van der Waals surface area (Å²) in [5.41, 5.74) is 5.71. The molecule has 0 aliphatic carbocycles. The Morgan fingerprint density at radius 2 is 1.76 bits per heavy atom. The number of nitrogens with zero attached hydrogens (tertiary/aromatic N) is 2. The highest BCUT2D eigenvalue weighted by atomic mass is 16.4. The van der Waals surface area contributed by atoms with E-state index in [1.54, 1.807) is 24.3 Å². The van der Waals surface area contributed by atoms with Crippen molar-refractivity contribution in [3.05, 3.63) is 83.4 Å². The van der Waals surface area contributed by atoms with Crippen LogP contribution in [-0.2, 0) is 4.79 Å². The fraction of sp³-hybridized carbons (Fsp3) is 0.167. The summed E-state index contributed by atoms with van der Waals surface area (Å²) in [5, 5.41) is 23.8. The zero-order valence-electron chi connectivity index (χ0n) is 16.6. The summed E-state index contributed by atoms with van der Waals surface area (Å²) in [4.78, 5) is 13.9. The number of rotatable bonds is 6. The van der Waals surface area contributed by atoms with E-state index in [4.69, 9.17) is 5.26 Å². The lowest BCUT2D eigenvalue weighted by Gasteiger charge is -2.23. The number of hydrogen-bond acceptors (Lipinski definition) is 5. The van der Waals surface area contributed by atoms with E-state index in [1.165, 1.54) is 0 Å². The predicted molar refractivity (Wildman–Crippen MR) is 113 cm³/mol. The van der Waals surface area contributed by atoms with Gasteiger partial charge in [-0.15, -0.1) is 0 Å². The van der Waals surface area contributed by atoms with E-state index in [1.807, 2.05) is 68.4 Å². The second-order valence-corrected chi connectivity index (χ2v) is 7.16. The summed E-state index contributed by atoms with van der Waals surface area (Å²) in [7, 11) is 3.96. The fourth-order valence-corrected chi connectivity index (χ4v) is 3.20. The number of hydrogen-bond donors (Lipinski definition) is 1. The van der Waals surface area contributed by atoms with Crippen molar-refractivity contribution in [2.75, 3.05) is 24.3 Å². The molecule has 3 aromatic carbocycles. The lowest BCUT2D eigenvalue weighted by molar-refractivity contribution is -0.307. The van der Waals surface area contributed by atoms with Gasteiger partial charge in [0.2, 0.25) is 0 Å². The molecule has 0 heterocycles. The first-order valence-electron chi connectivity index (χ1n) is 9.24. The van der Waals surface area contributed by atoms with Crippen molar-refractivity contribution in [3.8, 4) is 17.2 Å². The van der Waals surface area contributed by atoms with Gasteiger partial charge in [0.15, 0.2) is 0 Å². The molecular weight excluding hydrogens is 362 g/mol. The van der Waals surface area contributed by atoms with E-state index in [-0.39, 0.29) is 0 Å². The molecular formula is C24H22N3O2-. The molecule has 0 fully saturated rings. The molecule has 0 saturated carbocycles. The van der Waals surface area contributed by atoms with E-state index in [0.29, 0.717) is 16.8 Å². The minimum absolute atomic E-state index is 0.513. The summed E-state index contributed by atoms with van der Waals surface area (Å²) in [6.45, 7) is 1.94. The van der Waals surface area contributed by atoms with Crippen molar-refractivity contribution >= 4 is 17.3 Å². The third kappa shape index (κ3) is 4.74. The molecule has 1 atom stereocenters. The van der Waals surface area contributed by atoms with Gasteiger partial charge in [-0.2, -0.15) is 5.26 Å². The molecule has 5 nitrogen and oxygen atoms in total. The lowest BCUT2D eigenvalue weighted by Crippen LogP contribution is -2.34. The Bertz CT molecular complexity index is 1070. The van der Waals surface area contributed by atoms with Crippen LogP contribution in [0.25, 0.3) is 11.1 Å². The molecule has 3 aromatic rings. The number of carboxylic acids is 1. The SMILES string of the molecule is Cc1cc(-c2cccc(N(C)C)c2)cc(C(Nc2ccc(C#N)cc2)C(=O)[O-])c1. The highest BCUT2D eigenvalue weighted by molar-refractivity contribution is 5.79. The smallest absolute Gasteiger partial charge is 0.0991 e. The van der Waals surface area contributed by atoms with E-state index >= 15 is 0 Å². The van der Waals surface area contributed by atoms with E-state index < -0.39 is 12.0 Å². The van der Waals surface area contributed by atoms with Crippen LogP contribution in [0.4, 0.5) is 11.4 Å². The van der Waals surface area contributed by atoms with Crippen molar-refractivity contribution in [2.45, 2.75) is 13.0 Å². The van der Waals surface area contributed by atoms with Crippen LogP contribution in [0.5, 0.6) is 0 Å². The summed E-state index contributed by atoms with van der Waals surface area (Å²) < 4.78 is 0. The predicted octanol–water partition coefficient (Wildman–Crippen LogP) is 3.50. The molecule has 0 saturated heterocycles. The quantitative estimate of drug-likeness (QED) is 0.704. The summed E-state index contributed by atoms with van der Waals surface area (Å²) in [6, 6.07) is 21.5. The second-order valence-electron chi connectivity index (χ2n) is 7.16. The van der Waals surface area contributed by atoms with Gasteiger partial charge in [-0.3, -0.25) is 0 Å². The molecule has 0 aliphatic heterocycles. The van der Waals surface area contributed by atoms with Crippen LogP contribution in [0.1, 0.15) is 22.7 Å². The average Bonchev–Trinajstić information content (AvgIpc) is 2.71. The van der Waals surface area contributed by atoms with Gasteiger partial charge >= 0.3 is 0 Å². The number of carbonyl (C=O) groups is 1. The first kappa shape index (κ1) is 20.0. The Labute approximate surface area is 170 Å². The average molecular weight is 384 g/mol. The van der Waals surface area contributed by atoms with Gasteiger partial charge < -0.3 is 20.1 Å². The number of carboxylic acid groups (broad SMARTS) is 1. The molecule has 0 radical (unpaired) electrons. The third-order valence-electron chi connectivity index (χ3n) is 4.69. The Morgan fingerprint density at radius 1 is 1.03 bits per heavy atom. The lowest BCUT2D eigenvalue weighted by atomic mass is 9.96. The molecule has 29 heavy (non-hydrogen) atoms. The molecule has 0 amide bonds. The van der Waals surface area contributed by atoms with Crippen LogP contribution in [0.3, 0.4) is 0 Å². The maximum atomic E-state index is 11.9. The minimum atomic E-state index is -1.21. The van der Waals surface area contributed by atoms with Crippen molar-refractivity contribution in [1.82, 2.24) is 0 Å². The van der Waals surface area contributed by atoms with Crippen LogP contribution in [0.15, 0.2) is 66.7 Å². The van der Waals surface area contributed by atoms with Gasteiger partial charge in [0.1, 0.15) is 0 Å². The maximum Gasteiger partial charge on any atom is 0.0991 e. The largest absolute Gasteiger partial charge is 0.548 e. The van der Waals surface area contributed by atoms with Crippen molar-refractivity contribution in [2.24, 2.45) is 0 Å². The molecule has 3 rings (SSSR count). The van der Waals surface area contributed by atoms with Gasteiger partial charge in [-0.1, -0.05) is 29.8 Å². The van der Waals surface area contributed by atoms with Crippen LogP contribution < -0.4 is 15.3 Å². The van der Waals surface area contributed by atoms with Gasteiger partial charge in [0, 0.05) is 25.5 Å². The summed E-state index contributed by atoms with van der Waals surface area (Å²) in [6.07, 6.45) is 0. The molecule has 1 unspecified atom stereocenters. The van der Waals surface area contributed by atoms with Gasteiger partial charge in [-0.05, 0) is 66.1 Å². The monoisotopic (exact) mass is 384 g/mol. The van der Waals surface area contributed by atoms with Crippen LogP contribution in [-0.4, -0.2) is 20.1 Å². The Kier molecular flexibility index (Phi) is 5.85. The third-order valence-corrected chi connectivity index (χ3v) is 4.69. The first-order valence-corrected chi connectivity index (χ1v) is 9.24. The Morgan fingerprint density at radius 3 is 2.38 bits per heavy atom. The molecule has 0 bridgehead atoms. The molecule has 0 aromatic heterocycles. The van der Waals surface area contributed by atoms with Crippen LogP contribution >= 0.6 is 0 Å². The van der Waals surface area contributed by atoms with Gasteiger partial charge in [0.05, 0.1) is 23.6 Å². The van der Waals surface area contributed by atoms with E-state index in [2.05, 4.69) is 11.4 Å². The number of aliphatic carboxylic acids is 1. The summed E-state index contributed by atoms with van der Waals surface area (Å²) >= 11 is 0. The summed E-state index contributed by atoms with van der Waals surface area (Å²) in [5.74, 6) is -1.21. The number of nitrogens with one attached hydrogen (secondary N) is 1. The fourth-order valence-electron chi connectivity index (χ4n) is 3.20. The molecule has 146 valence electrons. The molecule has 0 aliphatic rings. The number of carbonyl (C=O) groups excluding carboxylic acids is 1. The number of anilines is 2. The van der Waals surface area contributed by atoms with E-state index in [9.17, 15) is 9.90 Å². The molecule has 5 heteroatoms. The second kappa shape index (κ2) is 8.49. The molecule has 1 N–H and O–H groups in total. The van der Waals surface area contributed by atoms with Gasteiger partial charge in [-0.25, -0.2) is 0 Å². The zero-order chi connectivity index (χ0) is 21.0. The first-order chi connectivity index (χ1) is 13.9. The minimum Gasteiger partial charge on any atom is -0.548 e. The Balaban J connectivity index is 1.98. The number of benzene rings is 3. The number of aryl methyl sites for hydroxylation is 1. The highest BCUT2D eigenvalue weighted by Crippen LogP contribution is 2.29. The van der Waals surface area contributed by atoms with Crippen LogP contribution in [0.2, 0.25) is 0 Å². The Hall–Kier alpha value is -3.78. The molecule has 0 spiro atoms. The normalized spacial score (nSPS) is 11.4. The number of nitriles is 1. The topological polar surface area (TPSA) is 79.2 Å².